The van der Waals surface area contributed by atoms with Gasteiger partial charge in [-0.15, -0.1) is 0 Å². The van der Waals surface area contributed by atoms with Crippen LogP contribution in [0, 0.1) is 5.92 Å². The van der Waals surface area contributed by atoms with Crippen molar-refractivity contribution >= 4 is 0 Å². The number of nitrogens with one attached hydrogen (secondary N) is 2. The van der Waals surface area contributed by atoms with Crippen molar-refractivity contribution in [2.24, 2.45) is 5.92 Å². The summed E-state index contributed by atoms with van der Waals surface area (Å²) in [6.07, 6.45) is 8.41. The van der Waals surface area contributed by atoms with Crippen molar-refractivity contribution in [2.75, 3.05) is 6.54 Å². The summed E-state index contributed by atoms with van der Waals surface area (Å²) in [5, 5.41) is 7.52. The summed E-state index contributed by atoms with van der Waals surface area (Å²) < 4.78 is 0. The SMILES string of the molecule is c1ccc(C2CC2NCCC2CC3CCC(C2)N3)cc1. The van der Waals surface area contributed by atoms with Crippen molar-refractivity contribution in [1.29, 1.82) is 0 Å². The fraction of sp³-hybridized carbons (Fsp3) is 0.667. The molecule has 0 aromatic heterocycles. The van der Waals surface area contributed by atoms with Gasteiger partial charge in [0.2, 0.25) is 0 Å². The van der Waals surface area contributed by atoms with Crippen LogP contribution in [0.2, 0.25) is 0 Å². The minimum absolute atomic E-state index is 0.746. The topological polar surface area (TPSA) is 24.1 Å². The molecule has 0 amide bonds. The Balaban J connectivity index is 1.19. The van der Waals surface area contributed by atoms with Gasteiger partial charge in [-0.1, -0.05) is 30.3 Å². The van der Waals surface area contributed by atoms with Crippen LogP contribution in [-0.4, -0.2) is 24.7 Å². The first-order chi connectivity index (χ1) is 9.88. The van der Waals surface area contributed by atoms with Gasteiger partial charge < -0.3 is 10.6 Å². The summed E-state index contributed by atoms with van der Waals surface area (Å²) in [6.45, 7) is 1.22. The molecule has 1 aromatic carbocycles. The van der Waals surface area contributed by atoms with Gasteiger partial charge in [-0.2, -0.15) is 0 Å². The summed E-state index contributed by atoms with van der Waals surface area (Å²) in [4.78, 5) is 0. The van der Waals surface area contributed by atoms with E-state index in [1.165, 1.54) is 50.6 Å². The van der Waals surface area contributed by atoms with E-state index in [0.717, 1.165) is 30.0 Å². The number of fused-ring (bicyclic) bond motifs is 2. The van der Waals surface area contributed by atoms with E-state index in [1.54, 1.807) is 0 Å². The standard InChI is InChI=1S/C18H26N2/c1-2-4-14(5-3-1)17-12-18(17)19-9-8-13-10-15-6-7-16(11-13)20-15/h1-5,13,15-20H,6-12H2. The lowest BCUT2D eigenvalue weighted by Crippen LogP contribution is -2.38. The van der Waals surface area contributed by atoms with E-state index in [0.29, 0.717) is 0 Å². The van der Waals surface area contributed by atoms with Crippen LogP contribution in [0.5, 0.6) is 0 Å². The van der Waals surface area contributed by atoms with Gasteiger partial charge in [0.1, 0.15) is 0 Å². The van der Waals surface area contributed by atoms with E-state index in [4.69, 9.17) is 0 Å². The van der Waals surface area contributed by atoms with Gasteiger partial charge in [0.15, 0.2) is 0 Å². The maximum atomic E-state index is 3.78. The van der Waals surface area contributed by atoms with Gasteiger partial charge in [-0.05, 0) is 56.6 Å². The van der Waals surface area contributed by atoms with E-state index in [2.05, 4.69) is 41.0 Å². The second-order valence-electron chi connectivity index (χ2n) is 7.08. The minimum atomic E-state index is 0.746. The third-order valence-corrected chi connectivity index (χ3v) is 5.55. The molecule has 0 spiro atoms. The van der Waals surface area contributed by atoms with Crippen LogP contribution < -0.4 is 10.6 Å². The maximum Gasteiger partial charge on any atom is 0.0143 e. The fourth-order valence-electron chi connectivity index (χ4n) is 4.37. The highest BCUT2D eigenvalue weighted by Crippen LogP contribution is 2.40. The zero-order valence-electron chi connectivity index (χ0n) is 12.2. The minimum Gasteiger partial charge on any atom is -0.313 e. The fourth-order valence-corrected chi connectivity index (χ4v) is 4.37. The number of hydrogen-bond acceptors (Lipinski definition) is 2. The highest BCUT2D eigenvalue weighted by Gasteiger charge is 2.38. The van der Waals surface area contributed by atoms with E-state index in [1.807, 2.05) is 0 Å². The van der Waals surface area contributed by atoms with Crippen molar-refractivity contribution in [3.8, 4) is 0 Å². The van der Waals surface area contributed by atoms with Crippen LogP contribution in [0.3, 0.4) is 0 Å². The molecule has 4 rings (SSSR count). The highest BCUT2D eigenvalue weighted by atomic mass is 15.0. The Labute approximate surface area is 122 Å². The van der Waals surface area contributed by atoms with Crippen LogP contribution in [0.15, 0.2) is 30.3 Å². The van der Waals surface area contributed by atoms with E-state index >= 15 is 0 Å². The average molecular weight is 270 g/mol. The van der Waals surface area contributed by atoms with Gasteiger partial charge in [0.05, 0.1) is 0 Å². The van der Waals surface area contributed by atoms with E-state index in [9.17, 15) is 0 Å². The first-order valence-electron chi connectivity index (χ1n) is 8.43. The van der Waals surface area contributed by atoms with Gasteiger partial charge in [0.25, 0.3) is 0 Å². The molecule has 2 aliphatic heterocycles. The molecule has 2 heteroatoms. The first-order valence-corrected chi connectivity index (χ1v) is 8.43. The molecule has 1 aromatic rings. The van der Waals surface area contributed by atoms with Gasteiger partial charge >= 0.3 is 0 Å². The first kappa shape index (κ1) is 12.8. The van der Waals surface area contributed by atoms with Crippen molar-refractivity contribution in [3.05, 3.63) is 35.9 Å². The van der Waals surface area contributed by atoms with Crippen LogP contribution in [0.4, 0.5) is 0 Å². The molecule has 4 atom stereocenters. The Kier molecular flexibility index (Phi) is 3.53. The number of rotatable bonds is 5. The molecule has 3 aliphatic rings. The third kappa shape index (κ3) is 2.77. The van der Waals surface area contributed by atoms with Crippen LogP contribution in [0.1, 0.15) is 50.0 Å². The smallest absolute Gasteiger partial charge is 0.0143 e. The molecule has 2 saturated heterocycles. The average Bonchev–Trinajstić information content (AvgIpc) is 3.18. The molecule has 20 heavy (non-hydrogen) atoms. The largest absolute Gasteiger partial charge is 0.313 e. The second-order valence-corrected chi connectivity index (χ2v) is 7.08. The number of piperidine rings is 1. The summed E-state index contributed by atoms with van der Waals surface area (Å²) >= 11 is 0. The molecular formula is C18H26N2. The second kappa shape index (κ2) is 5.50. The Hall–Kier alpha value is -0.860. The van der Waals surface area contributed by atoms with E-state index in [-0.39, 0.29) is 0 Å². The quantitative estimate of drug-likeness (QED) is 0.859. The molecule has 2 N–H and O–H groups in total. The van der Waals surface area contributed by atoms with Gasteiger partial charge in [-0.25, -0.2) is 0 Å². The summed E-state index contributed by atoms with van der Waals surface area (Å²) in [5.41, 5.74) is 1.52. The maximum absolute atomic E-state index is 3.78. The lowest BCUT2D eigenvalue weighted by Gasteiger charge is -2.29. The lowest BCUT2D eigenvalue weighted by molar-refractivity contribution is 0.283. The lowest BCUT2D eigenvalue weighted by atomic mass is 9.90. The van der Waals surface area contributed by atoms with Crippen molar-refractivity contribution in [1.82, 2.24) is 10.6 Å². The third-order valence-electron chi connectivity index (χ3n) is 5.55. The molecule has 4 unspecified atom stereocenters. The molecule has 108 valence electrons. The normalized spacial score (nSPS) is 38.9. The molecular weight excluding hydrogens is 244 g/mol. The van der Waals surface area contributed by atoms with Crippen molar-refractivity contribution < 1.29 is 0 Å². The Morgan fingerprint density at radius 2 is 1.75 bits per heavy atom. The van der Waals surface area contributed by atoms with Gasteiger partial charge in [0, 0.05) is 24.0 Å². The molecule has 3 fully saturated rings. The van der Waals surface area contributed by atoms with Gasteiger partial charge in [-0.3, -0.25) is 0 Å². The monoisotopic (exact) mass is 270 g/mol. The predicted octanol–water partition coefficient (Wildman–Crippen LogP) is 3.05. The zero-order chi connectivity index (χ0) is 13.4. The molecule has 1 aliphatic carbocycles. The Morgan fingerprint density at radius 3 is 2.50 bits per heavy atom. The number of hydrogen-bond donors (Lipinski definition) is 2. The highest BCUT2D eigenvalue weighted by molar-refractivity contribution is 5.27. The van der Waals surface area contributed by atoms with E-state index < -0.39 is 0 Å². The van der Waals surface area contributed by atoms with Crippen LogP contribution in [0.25, 0.3) is 0 Å². The summed E-state index contributed by atoms with van der Waals surface area (Å²) in [5.74, 6) is 1.75. The molecule has 1 saturated carbocycles. The molecule has 2 nitrogen and oxygen atoms in total. The predicted molar refractivity (Wildman–Crippen MR) is 82.9 cm³/mol. The van der Waals surface area contributed by atoms with Crippen LogP contribution in [-0.2, 0) is 0 Å². The zero-order valence-corrected chi connectivity index (χ0v) is 12.2. The Morgan fingerprint density at radius 1 is 1.00 bits per heavy atom. The summed E-state index contributed by atoms with van der Waals surface area (Å²) in [7, 11) is 0. The van der Waals surface area contributed by atoms with Crippen molar-refractivity contribution in [3.63, 3.8) is 0 Å². The van der Waals surface area contributed by atoms with Crippen molar-refractivity contribution in [2.45, 2.75) is 62.6 Å². The molecule has 2 bridgehead atoms. The number of benzene rings is 1. The summed E-state index contributed by atoms with van der Waals surface area (Å²) in [6, 6.07) is 13.4. The molecule has 0 radical (unpaired) electrons. The Bertz CT molecular complexity index is 432. The van der Waals surface area contributed by atoms with Crippen LogP contribution >= 0.6 is 0 Å². The molecule has 2 heterocycles.